The molecule has 1 aliphatic rings. The van der Waals surface area contributed by atoms with Crippen LogP contribution in [-0.4, -0.2) is 31.2 Å². The van der Waals surface area contributed by atoms with Crippen molar-refractivity contribution >= 4 is 5.82 Å². The van der Waals surface area contributed by atoms with E-state index in [9.17, 15) is 17.6 Å². The molecule has 146 valence electrons. The van der Waals surface area contributed by atoms with Gasteiger partial charge in [0.25, 0.3) is 0 Å². The Morgan fingerprint density at radius 3 is 2.48 bits per heavy atom. The molecule has 0 unspecified atom stereocenters. The van der Waals surface area contributed by atoms with E-state index in [-0.39, 0.29) is 17.6 Å². The van der Waals surface area contributed by atoms with Crippen molar-refractivity contribution in [2.75, 3.05) is 25.1 Å². The van der Waals surface area contributed by atoms with Crippen LogP contribution in [0.15, 0.2) is 36.5 Å². The first-order valence-corrected chi connectivity index (χ1v) is 8.71. The molecule has 0 atom stereocenters. The Bertz CT molecular complexity index is 757. The minimum absolute atomic E-state index is 0.219. The number of benzene rings is 1. The molecule has 0 aliphatic carbocycles. The third kappa shape index (κ3) is 4.88. The van der Waals surface area contributed by atoms with E-state index in [0.29, 0.717) is 25.5 Å². The molecule has 0 spiro atoms. The third-order valence-electron chi connectivity index (χ3n) is 4.71. The van der Waals surface area contributed by atoms with Gasteiger partial charge in [-0.3, -0.25) is 0 Å². The van der Waals surface area contributed by atoms with Crippen molar-refractivity contribution in [1.29, 1.82) is 0 Å². The van der Waals surface area contributed by atoms with E-state index < -0.39 is 11.7 Å². The molecule has 1 fully saturated rings. The number of aromatic nitrogens is 1. The van der Waals surface area contributed by atoms with Crippen LogP contribution in [0.4, 0.5) is 23.4 Å². The number of piperidine rings is 1. The molecule has 2 aromatic rings. The molecule has 0 saturated carbocycles. The fourth-order valence-corrected chi connectivity index (χ4v) is 3.14. The van der Waals surface area contributed by atoms with E-state index in [0.717, 1.165) is 30.7 Å². The van der Waals surface area contributed by atoms with Gasteiger partial charge in [-0.15, -0.1) is 0 Å². The summed E-state index contributed by atoms with van der Waals surface area (Å²) in [5, 5.41) is 3.40. The zero-order valence-corrected chi connectivity index (χ0v) is 14.9. The summed E-state index contributed by atoms with van der Waals surface area (Å²) >= 11 is 0. The van der Waals surface area contributed by atoms with Crippen LogP contribution in [0.2, 0.25) is 0 Å². The van der Waals surface area contributed by atoms with Crippen LogP contribution in [0.25, 0.3) is 0 Å². The average molecular weight is 383 g/mol. The average Bonchev–Trinajstić information content (AvgIpc) is 2.66. The van der Waals surface area contributed by atoms with Crippen molar-refractivity contribution in [1.82, 2.24) is 10.3 Å². The number of pyridine rings is 1. The smallest absolute Gasteiger partial charge is 0.417 e. The van der Waals surface area contributed by atoms with Gasteiger partial charge in [-0.2, -0.15) is 13.2 Å². The summed E-state index contributed by atoms with van der Waals surface area (Å²) in [4.78, 5) is 5.92. The van der Waals surface area contributed by atoms with Crippen molar-refractivity contribution in [2.45, 2.75) is 31.6 Å². The number of hydrogen-bond donors (Lipinski definition) is 1. The summed E-state index contributed by atoms with van der Waals surface area (Å²) in [5.74, 6) is 0.384. The Balaban J connectivity index is 1.49. The molecule has 1 saturated heterocycles. The minimum atomic E-state index is -4.37. The topological polar surface area (TPSA) is 37.4 Å². The molecule has 2 heterocycles. The van der Waals surface area contributed by atoms with Crippen LogP contribution in [0.3, 0.4) is 0 Å². The number of alkyl halides is 3. The second-order valence-electron chi connectivity index (χ2n) is 6.51. The van der Waals surface area contributed by atoms with Crippen molar-refractivity contribution < 1.29 is 22.3 Å². The maximum atomic E-state index is 13.7. The molecule has 1 aromatic heterocycles. The van der Waals surface area contributed by atoms with Gasteiger partial charge in [0.1, 0.15) is 5.82 Å². The van der Waals surface area contributed by atoms with Crippen molar-refractivity contribution in [2.24, 2.45) is 0 Å². The molecule has 27 heavy (non-hydrogen) atoms. The second kappa shape index (κ2) is 8.12. The highest BCUT2D eigenvalue weighted by Gasteiger charge is 2.31. The lowest BCUT2D eigenvalue weighted by molar-refractivity contribution is -0.137. The summed E-state index contributed by atoms with van der Waals surface area (Å²) in [6.07, 6.45) is -1.83. The predicted octanol–water partition coefficient (Wildman–Crippen LogP) is 4.01. The molecule has 1 aromatic carbocycles. The van der Waals surface area contributed by atoms with Crippen LogP contribution in [-0.2, 0) is 12.7 Å². The molecule has 8 heteroatoms. The van der Waals surface area contributed by atoms with Gasteiger partial charge in [-0.25, -0.2) is 9.37 Å². The van der Waals surface area contributed by atoms with Crippen molar-refractivity contribution in [3.05, 3.63) is 53.5 Å². The first-order valence-electron chi connectivity index (χ1n) is 8.71. The molecule has 1 N–H and O–H groups in total. The Hall–Kier alpha value is -2.35. The SMILES string of the molecule is COc1ccc(CNC2CCN(c3ccc(C(F)(F)F)cn3)CC2)cc1F. The number of ether oxygens (including phenoxy) is 1. The number of hydrogen-bond acceptors (Lipinski definition) is 4. The molecule has 3 rings (SSSR count). The van der Waals surface area contributed by atoms with Gasteiger partial charge < -0.3 is 15.0 Å². The highest BCUT2D eigenvalue weighted by Crippen LogP contribution is 2.29. The maximum Gasteiger partial charge on any atom is 0.417 e. The second-order valence-corrected chi connectivity index (χ2v) is 6.51. The Labute approximate surface area is 155 Å². The van der Waals surface area contributed by atoms with E-state index in [4.69, 9.17) is 4.74 Å². The van der Waals surface area contributed by atoms with E-state index in [1.807, 2.05) is 11.0 Å². The summed E-state index contributed by atoms with van der Waals surface area (Å²) in [6, 6.07) is 7.61. The number of methoxy groups -OCH3 is 1. The maximum absolute atomic E-state index is 13.7. The predicted molar refractivity (Wildman–Crippen MR) is 94.3 cm³/mol. The van der Waals surface area contributed by atoms with Gasteiger partial charge in [0.15, 0.2) is 11.6 Å². The summed E-state index contributed by atoms with van der Waals surface area (Å²) in [5.41, 5.74) is 0.0923. The molecule has 0 bridgehead atoms. The van der Waals surface area contributed by atoms with Crippen LogP contribution in [0, 0.1) is 5.82 Å². The van der Waals surface area contributed by atoms with E-state index in [2.05, 4.69) is 10.3 Å². The van der Waals surface area contributed by atoms with Gasteiger partial charge in [-0.1, -0.05) is 6.07 Å². The van der Waals surface area contributed by atoms with Crippen LogP contribution >= 0.6 is 0 Å². The van der Waals surface area contributed by atoms with E-state index in [1.165, 1.54) is 19.2 Å². The number of anilines is 1. The number of nitrogens with one attached hydrogen (secondary N) is 1. The largest absolute Gasteiger partial charge is 0.494 e. The van der Waals surface area contributed by atoms with Crippen LogP contribution < -0.4 is 15.0 Å². The number of nitrogens with zero attached hydrogens (tertiary/aromatic N) is 2. The lowest BCUT2D eigenvalue weighted by Crippen LogP contribution is -2.42. The fraction of sp³-hybridized carbons (Fsp3) is 0.421. The van der Waals surface area contributed by atoms with Crippen LogP contribution in [0.1, 0.15) is 24.0 Å². The summed E-state index contributed by atoms with van der Waals surface area (Å²) in [6.45, 7) is 1.95. The lowest BCUT2D eigenvalue weighted by Gasteiger charge is -2.33. The first kappa shape index (κ1) is 19.4. The van der Waals surface area contributed by atoms with E-state index >= 15 is 0 Å². The van der Waals surface area contributed by atoms with Gasteiger partial charge in [0.05, 0.1) is 12.7 Å². The number of halogens is 4. The zero-order chi connectivity index (χ0) is 19.4. The molecule has 0 amide bonds. The van der Waals surface area contributed by atoms with Crippen LogP contribution in [0.5, 0.6) is 5.75 Å². The van der Waals surface area contributed by atoms with Crippen molar-refractivity contribution in [3.8, 4) is 5.75 Å². The molecule has 1 aliphatic heterocycles. The van der Waals surface area contributed by atoms with Crippen molar-refractivity contribution in [3.63, 3.8) is 0 Å². The summed E-state index contributed by atoms with van der Waals surface area (Å²) < 4.78 is 56.5. The van der Waals surface area contributed by atoms with E-state index in [1.54, 1.807) is 6.07 Å². The standard InChI is InChI=1S/C19H21F4N3O/c1-27-17-4-2-13(10-16(17)20)11-24-15-6-8-26(9-7-15)18-5-3-14(12-25-18)19(21,22)23/h2-5,10,12,15,24H,6-9,11H2,1H3. The molecular weight excluding hydrogens is 362 g/mol. The number of rotatable bonds is 5. The molecule has 0 radical (unpaired) electrons. The Morgan fingerprint density at radius 1 is 1.19 bits per heavy atom. The fourth-order valence-electron chi connectivity index (χ4n) is 3.14. The Kier molecular flexibility index (Phi) is 5.84. The molecular formula is C19H21F4N3O. The highest BCUT2D eigenvalue weighted by atomic mass is 19.4. The van der Waals surface area contributed by atoms with Gasteiger partial charge in [0, 0.05) is 31.9 Å². The third-order valence-corrected chi connectivity index (χ3v) is 4.71. The van der Waals surface area contributed by atoms with Gasteiger partial charge in [0.2, 0.25) is 0 Å². The normalized spacial score (nSPS) is 15.8. The highest BCUT2D eigenvalue weighted by molar-refractivity contribution is 5.40. The molecule has 4 nitrogen and oxygen atoms in total. The zero-order valence-electron chi connectivity index (χ0n) is 14.9. The Morgan fingerprint density at radius 2 is 1.93 bits per heavy atom. The summed E-state index contributed by atoms with van der Waals surface area (Å²) in [7, 11) is 1.43. The minimum Gasteiger partial charge on any atom is -0.494 e. The first-order chi connectivity index (χ1) is 12.9. The lowest BCUT2D eigenvalue weighted by atomic mass is 10.0. The van der Waals surface area contributed by atoms with Gasteiger partial charge in [-0.05, 0) is 42.7 Å². The van der Waals surface area contributed by atoms with Gasteiger partial charge >= 0.3 is 6.18 Å². The monoisotopic (exact) mass is 383 g/mol. The quantitative estimate of drug-likeness (QED) is 0.792.